The van der Waals surface area contributed by atoms with Crippen LogP contribution in [-0.4, -0.2) is 11.1 Å². The largest absolute Gasteiger partial charge is 0.484 e. The SMILES string of the molecule is O=C(O)C1(c2cc(F)c(OCc3ccccc3)c(Cl)c2)CCC1. The molecular formula is C18H16ClFO3. The molecule has 1 saturated carbocycles. The first kappa shape index (κ1) is 15.8. The maximum Gasteiger partial charge on any atom is 0.314 e. The van der Waals surface area contributed by atoms with Crippen LogP contribution in [-0.2, 0) is 16.8 Å². The molecule has 3 nitrogen and oxygen atoms in total. The first-order valence-electron chi connectivity index (χ1n) is 7.42. The van der Waals surface area contributed by atoms with E-state index in [1.165, 1.54) is 12.1 Å². The molecule has 0 amide bonds. The molecule has 0 aliphatic heterocycles. The molecule has 2 aromatic carbocycles. The van der Waals surface area contributed by atoms with Crippen LogP contribution in [0.5, 0.6) is 5.75 Å². The van der Waals surface area contributed by atoms with Gasteiger partial charge in [-0.3, -0.25) is 4.79 Å². The van der Waals surface area contributed by atoms with Gasteiger partial charge in [-0.15, -0.1) is 0 Å². The van der Waals surface area contributed by atoms with Crippen LogP contribution >= 0.6 is 11.6 Å². The fourth-order valence-corrected chi connectivity index (χ4v) is 3.12. The fraction of sp³-hybridized carbons (Fsp3) is 0.278. The van der Waals surface area contributed by atoms with Crippen molar-refractivity contribution >= 4 is 17.6 Å². The maximum atomic E-state index is 14.4. The Kier molecular flexibility index (Phi) is 4.26. The third-order valence-corrected chi connectivity index (χ3v) is 4.67. The van der Waals surface area contributed by atoms with E-state index in [1.807, 2.05) is 30.3 Å². The minimum absolute atomic E-state index is 0.0425. The average molecular weight is 335 g/mol. The number of hydrogen-bond acceptors (Lipinski definition) is 2. The van der Waals surface area contributed by atoms with E-state index in [2.05, 4.69) is 0 Å². The van der Waals surface area contributed by atoms with E-state index in [1.54, 1.807) is 0 Å². The summed E-state index contributed by atoms with van der Waals surface area (Å²) in [6, 6.07) is 12.1. The lowest BCUT2D eigenvalue weighted by atomic mass is 9.64. The first-order chi connectivity index (χ1) is 11.0. The number of benzene rings is 2. The quantitative estimate of drug-likeness (QED) is 0.871. The highest BCUT2D eigenvalue weighted by molar-refractivity contribution is 6.32. The second kappa shape index (κ2) is 6.20. The molecule has 0 heterocycles. The predicted octanol–water partition coefficient (Wildman–Crippen LogP) is 4.56. The van der Waals surface area contributed by atoms with Crippen LogP contribution in [0.3, 0.4) is 0 Å². The summed E-state index contributed by atoms with van der Waals surface area (Å²) in [4.78, 5) is 11.5. The highest BCUT2D eigenvalue weighted by atomic mass is 35.5. The van der Waals surface area contributed by atoms with E-state index in [-0.39, 0.29) is 17.4 Å². The van der Waals surface area contributed by atoms with Crippen molar-refractivity contribution in [2.24, 2.45) is 0 Å². The molecule has 23 heavy (non-hydrogen) atoms. The molecule has 1 N–H and O–H groups in total. The van der Waals surface area contributed by atoms with E-state index < -0.39 is 17.2 Å². The summed E-state index contributed by atoms with van der Waals surface area (Å²) in [5.74, 6) is -1.60. The monoisotopic (exact) mass is 334 g/mol. The zero-order valence-corrected chi connectivity index (χ0v) is 13.1. The van der Waals surface area contributed by atoms with Gasteiger partial charge >= 0.3 is 5.97 Å². The molecule has 0 aromatic heterocycles. The normalized spacial score (nSPS) is 15.7. The van der Waals surface area contributed by atoms with Crippen molar-refractivity contribution in [2.75, 3.05) is 0 Å². The number of rotatable bonds is 5. The smallest absolute Gasteiger partial charge is 0.314 e. The first-order valence-corrected chi connectivity index (χ1v) is 7.80. The van der Waals surface area contributed by atoms with Crippen LogP contribution in [0, 0.1) is 5.82 Å². The van der Waals surface area contributed by atoms with Crippen molar-refractivity contribution in [2.45, 2.75) is 31.3 Å². The van der Waals surface area contributed by atoms with Crippen molar-refractivity contribution < 1.29 is 19.0 Å². The van der Waals surface area contributed by atoms with Crippen molar-refractivity contribution in [3.8, 4) is 5.75 Å². The summed E-state index contributed by atoms with van der Waals surface area (Å²) in [6.45, 7) is 0.195. The number of ether oxygens (including phenoxy) is 1. The molecule has 0 bridgehead atoms. The average Bonchev–Trinajstić information content (AvgIpc) is 2.46. The number of carboxylic acid groups (broad SMARTS) is 1. The molecule has 1 aliphatic carbocycles. The third kappa shape index (κ3) is 2.91. The van der Waals surface area contributed by atoms with Crippen LogP contribution in [0.15, 0.2) is 42.5 Å². The van der Waals surface area contributed by atoms with Gasteiger partial charge in [-0.2, -0.15) is 0 Å². The van der Waals surface area contributed by atoms with E-state index >= 15 is 0 Å². The maximum absolute atomic E-state index is 14.4. The third-order valence-electron chi connectivity index (χ3n) is 4.39. The molecule has 0 saturated heterocycles. The summed E-state index contributed by atoms with van der Waals surface area (Å²) in [5.41, 5.74) is 0.293. The molecule has 5 heteroatoms. The Morgan fingerprint density at radius 2 is 1.96 bits per heavy atom. The molecule has 0 unspecified atom stereocenters. The number of hydrogen-bond donors (Lipinski definition) is 1. The van der Waals surface area contributed by atoms with Gasteiger partial charge in [0, 0.05) is 0 Å². The van der Waals surface area contributed by atoms with E-state index in [0.29, 0.717) is 18.4 Å². The number of carbonyl (C=O) groups is 1. The highest BCUT2D eigenvalue weighted by Gasteiger charge is 2.46. The number of carboxylic acids is 1. The van der Waals surface area contributed by atoms with E-state index in [0.717, 1.165) is 12.0 Å². The van der Waals surface area contributed by atoms with Crippen molar-refractivity contribution in [1.29, 1.82) is 0 Å². The lowest BCUT2D eigenvalue weighted by molar-refractivity contribution is -0.147. The zero-order valence-electron chi connectivity index (χ0n) is 12.4. The molecule has 120 valence electrons. The standard InChI is InChI=1S/C18H16ClFO3/c19-14-9-13(18(17(21)22)7-4-8-18)10-15(20)16(14)23-11-12-5-2-1-3-6-12/h1-3,5-6,9-10H,4,7-8,11H2,(H,21,22). The van der Waals surface area contributed by atoms with Gasteiger partial charge in [0.1, 0.15) is 6.61 Å². The highest BCUT2D eigenvalue weighted by Crippen LogP contribution is 2.46. The van der Waals surface area contributed by atoms with Crippen molar-refractivity contribution in [3.63, 3.8) is 0 Å². The molecular weight excluding hydrogens is 319 g/mol. The van der Waals surface area contributed by atoms with Crippen LogP contribution in [0.2, 0.25) is 5.02 Å². The van der Waals surface area contributed by atoms with Crippen molar-refractivity contribution in [1.82, 2.24) is 0 Å². The lowest BCUT2D eigenvalue weighted by Crippen LogP contribution is -2.42. The van der Waals surface area contributed by atoms with E-state index in [4.69, 9.17) is 16.3 Å². The summed E-state index contributed by atoms with van der Waals surface area (Å²) < 4.78 is 19.8. The predicted molar refractivity (Wildman–Crippen MR) is 85.3 cm³/mol. The zero-order chi connectivity index (χ0) is 16.4. The Morgan fingerprint density at radius 1 is 1.26 bits per heavy atom. The molecule has 0 atom stereocenters. The van der Waals surface area contributed by atoms with Crippen molar-refractivity contribution in [3.05, 3.63) is 64.4 Å². The van der Waals surface area contributed by atoms with Gasteiger partial charge < -0.3 is 9.84 Å². The van der Waals surface area contributed by atoms with Gasteiger partial charge in [0.2, 0.25) is 0 Å². The van der Waals surface area contributed by atoms with Gasteiger partial charge in [0.15, 0.2) is 11.6 Å². The molecule has 1 aliphatic rings. The van der Waals surface area contributed by atoms with Gasteiger partial charge in [0.05, 0.1) is 10.4 Å². The topological polar surface area (TPSA) is 46.5 Å². The van der Waals surface area contributed by atoms with Crippen LogP contribution in [0.4, 0.5) is 4.39 Å². The molecule has 3 rings (SSSR count). The Morgan fingerprint density at radius 3 is 2.48 bits per heavy atom. The lowest BCUT2D eigenvalue weighted by Gasteiger charge is -2.38. The molecule has 2 aromatic rings. The number of halogens is 2. The Balaban J connectivity index is 1.85. The van der Waals surface area contributed by atoms with E-state index in [9.17, 15) is 14.3 Å². The second-order valence-corrected chi connectivity index (χ2v) is 6.19. The van der Waals surface area contributed by atoms with Crippen LogP contribution < -0.4 is 4.74 Å². The van der Waals surface area contributed by atoms with Gasteiger partial charge in [-0.1, -0.05) is 48.4 Å². The second-order valence-electron chi connectivity index (χ2n) is 5.78. The Hall–Kier alpha value is -2.07. The Bertz CT molecular complexity index is 703. The minimum Gasteiger partial charge on any atom is -0.484 e. The molecule has 0 radical (unpaired) electrons. The molecule has 0 spiro atoms. The molecule has 1 fully saturated rings. The van der Waals surface area contributed by atoms with Gasteiger partial charge in [-0.05, 0) is 36.1 Å². The van der Waals surface area contributed by atoms with Crippen LogP contribution in [0.25, 0.3) is 0 Å². The Labute approximate surface area is 138 Å². The van der Waals surface area contributed by atoms with Gasteiger partial charge in [-0.25, -0.2) is 4.39 Å². The fourth-order valence-electron chi connectivity index (χ4n) is 2.86. The van der Waals surface area contributed by atoms with Crippen LogP contribution in [0.1, 0.15) is 30.4 Å². The summed E-state index contributed by atoms with van der Waals surface area (Å²) in [7, 11) is 0. The van der Waals surface area contributed by atoms with Gasteiger partial charge in [0.25, 0.3) is 0 Å². The summed E-state index contributed by atoms with van der Waals surface area (Å²) in [5, 5.41) is 9.54. The summed E-state index contributed by atoms with van der Waals surface area (Å²) in [6.07, 6.45) is 1.82. The minimum atomic E-state index is -1.01. The number of aliphatic carboxylic acids is 1. The summed E-state index contributed by atoms with van der Waals surface area (Å²) >= 11 is 6.13.